The zero-order valence-electron chi connectivity index (χ0n) is 10.2. The average Bonchev–Trinajstić information content (AvgIpc) is 2.70. The summed E-state index contributed by atoms with van der Waals surface area (Å²) in [4.78, 5) is 9.86. The number of hydrogen-bond donors (Lipinski definition) is 2. The molecule has 108 valence electrons. The van der Waals surface area contributed by atoms with Crippen LogP contribution < -0.4 is 4.72 Å². The molecular formula is C9H13ClN2O5S2. The highest BCUT2D eigenvalue weighted by molar-refractivity contribution is 7.91. The normalized spacial score (nSPS) is 12.6. The Labute approximate surface area is 119 Å². The van der Waals surface area contributed by atoms with Crippen molar-refractivity contribution in [3.63, 3.8) is 0 Å². The molecule has 0 aliphatic carbocycles. The largest absolute Gasteiger partial charge is 0.396 e. The third kappa shape index (κ3) is 4.11. The molecule has 0 aromatic carbocycles. The van der Waals surface area contributed by atoms with Crippen LogP contribution in [0.25, 0.3) is 0 Å². The number of hydrogen-bond acceptors (Lipinski definition) is 6. The number of aliphatic hydroxyl groups is 1. The summed E-state index contributed by atoms with van der Waals surface area (Å²) in [6.07, 6.45) is 0. The summed E-state index contributed by atoms with van der Waals surface area (Å²) < 4.78 is 25.7. The van der Waals surface area contributed by atoms with Crippen LogP contribution in [0.5, 0.6) is 0 Å². The van der Waals surface area contributed by atoms with Crippen LogP contribution in [-0.2, 0) is 10.0 Å². The first-order valence-corrected chi connectivity index (χ1v) is 7.81. The van der Waals surface area contributed by atoms with Crippen LogP contribution in [0, 0.1) is 15.5 Å². The van der Waals surface area contributed by atoms with Crippen LogP contribution in [0.4, 0.5) is 5.69 Å². The van der Waals surface area contributed by atoms with Crippen LogP contribution in [0.2, 0.25) is 4.34 Å². The van der Waals surface area contributed by atoms with Gasteiger partial charge in [0.15, 0.2) is 4.34 Å². The summed E-state index contributed by atoms with van der Waals surface area (Å²) >= 11 is 6.23. The van der Waals surface area contributed by atoms with Gasteiger partial charge in [-0.15, -0.1) is 11.3 Å². The number of halogens is 1. The average molecular weight is 329 g/mol. The number of nitrogens with zero attached hydrogens (tertiary/aromatic N) is 1. The number of thiophene rings is 1. The van der Waals surface area contributed by atoms with Crippen molar-refractivity contribution >= 4 is 38.6 Å². The Kier molecular flexibility index (Phi) is 4.91. The minimum absolute atomic E-state index is 0.00908. The van der Waals surface area contributed by atoms with Crippen molar-refractivity contribution in [2.24, 2.45) is 5.41 Å². The maximum atomic E-state index is 11.9. The summed E-state index contributed by atoms with van der Waals surface area (Å²) in [5.41, 5.74) is -1.06. The van der Waals surface area contributed by atoms with Gasteiger partial charge < -0.3 is 5.11 Å². The Hall–Kier alpha value is -0.740. The van der Waals surface area contributed by atoms with E-state index in [0.29, 0.717) is 11.3 Å². The van der Waals surface area contributed by atoms with Gasteiger partial charge in [-0.1, -0.05) is 25.4 Å². The molecule has 0 amide bonds. The smallest absolute Gasteiger partial charge is 0.300 e. The van der Waals surface area contributed by atoms with Crippen molar-refractivity contribution in [3.05, 3.63) is 20.5 Å². The SMILES string of the molecule is CC(C)(CO)CNS(=O)(=O)c1cc([N+](=O)[O-])c(Cl)s1. The maximum Gasteiger partial charge on any atom is 0.300 e. The molecule has 0 fully saturated rings. The predicted octanol–water partition coefficient (Wildman–Crippen LogP) is 1.61. The van der Waals surface area contributed by atoms with Gasteiger partial charge in [0.25, 0.3) is 5.69 Å². The first kappa shape index (κ1) is 16.3. The molecule has 0 atom stereocenters. The zero-order chi connectivity index (χ0) is 14.8. The van der Waals surface area contributed by atoms with Gasteiger partial charge in [0.2, 0.25) is 10.0 Å². The molecular weight excluding hydrogens is 316 g/mol. The third-order valence-electron chi connectivity index (χ3n) is 2.28. The number of nitro groups is 1. The van der Waals surface area contributed by atoms with Crippen LogP contribution in [0.15, 0.2) is 10.3 Å². The number of rotatable bonds is 6. The van der Waals surface area contributed by atoms with Crippen molar-refractivity contribution < 1.29 is 18.4 Å². The molecule has 1 heterocycles. The van der Waals surface area contributed by atoms with E-state index in [-0.39, 0.29) is 21.7 Å². The zero-order valence-corrected chi connectivity index (χ0v) is 12.6. The summed E-state index contributed by atoms with van der Waals surface area (Å²) in [5.74, 6) is 0. The fourth-order valence-electron chi connectivity index (χ4n) is 1.01. The van der Waals surface area contributed by atoms with E-state index in [0.717, 1.165) is 6.07 Å². The molecule has 2 N–H and O–H groups in total. The van der Waals surface area contributed by atoms with Crippen LogP contribution >= 0.6 is 22.9 Å². The summed E-state index contributed by atoms with van der Waals surface area (Å²) in [6, 6.07) is 0.918. The van der Waals surface area contributed by atoms with Crippen molar-refractivity contribution in [1.29, 1.82) is 0 Å². The highest BCUT2D eigenvalue weighted by atomic mass is 35.5. The Bertz CT molecular complexity index is 581. The van der Waals surface area contributed by atoms with Crippen molar-refractivity contribution in [1.82, 2.24) is 4.72 Å². The highest BCUT2D eigenvalue weighted by Crippen LogP contribution is 2.36. The van der Waals surface area contributed by atoms with E-state index in [9.17, 15) is 18.5 Å². The van der Waals surface area contributed by atoms with Crippen molar-refractivity contribution in [3.8, 4) is 0 Å². The summed E-state index contributed by atoms with van der Waals surface area (Å²) in [5, 5.41) is 19.6. The first-order valence-electron chi connectivity index (χ1n) is 5.13. The second kappa shape index (κ2) is 5.71. The van der Waals surface area contributed by atoms with E-state index in [1.807, 2.05) is 0 Å². The number of nitrogens with one attached hydrogen (secondary N) is 1. The Balaban J connectivity index is 2.96. The lowest BCUT2D eigenvalue weighted by Gasteiger charge is -2.21. The van der Waals surface area contributed by atoms with Crippen LogP contribution in [-0.4, -0.2) is 31.6 Å². The summed E-state index contributed by atoms with van der Waals surface area (Å²) in [7, 11) is -3.87. The third-order valence-corrected chi connectivity index (χ3v) is 5.49. The molecule has 1 aromatic rings. The lowest BCUT2D eigenvalue weighted by atomic mass is 9.96. The van der Waals surface area contributed by atoms with E-state index in [2.05, 4.69) is 4.72 Å². The van der Waals surface area contributed by atoms with Gasteiger partial charge >= 0.3 is 0 Å². The lowest BCUT2D eigenvalue weighted by Crippen LogP contribution is -2.35. The Morgan fingerprint density at radius 1 is 1.58 bits per heavy atom. The topological polar surface area (TPSA) is 110 Å². The van der Waals surface area contributed by atoms with Gasteiger partial charge in [0.1, 0.15) is 4.21 Å². The Morgan fingerprint density at radius 2 is 2.16 bits per heavy atom. The fourth-order valence-corrected chi connectivity index (χ4v) is 3.96. The molecule has 0 saturated carbocycles. The van der Waals surface area contributed by atoms with E-state index < -0.39 is 26.0 Å². The molecule has 19 heavy (non-hydrogen) atoms. The van der Waals surface area contributed by atoms with E-state index in [1.165, 1.54) is 0 Å². The molecule has 0 aliphatic heterocycles. The molecule has 0 radical (unpaired) electrons. The maximum absolute atomic E-state index is 11.9. The molecule has 1 rings (SSSR count). The molecule has 0 aliphatic rings. The van der Waals surface area contributed by atoms with Gasteiger partial charge in [0, 0.05) is 24.6 Å². The van der Waals surface area contributed by atoms with Gasteiger partial charge in [-0.05, 0) is 0 Å². The molecule has 7 nitrogen and oxygen atoms in total. The van der Waals surface area contributed by atoms with Crippen LogP contribution in [0.3, 0.4) is 0 Å². The molecule has 0 saturated heterocycles. The standard InChI is InChI=1S/C9H13ClN2O5S2/c1-9(2,5-13)4-11-19(16,17)7-3-6(12(14)15)8(10)18-7/h3,11,13H,4-5H2,1-2H3. The van der Waals surface area contributed by atoms with Gasteiger partial charge in [-0.3, -0.25) is 10.1 Å². The second-order valence-corrected chi connectivity index (χ2v) is 8.28. The molecule has 0 spiro atoms. The predicted molar refractivity (Wildman–Crippen MR) is 72.0 cm³/mol. The van der Waals surface area contributed by atoms with E-state index in [4.69, 9.17) is 16.7 Å². The van der Waals surface area contributed by atoms with Gasteiger partial charge in [-0.2, -0.15) is 0 Å². The Morgan fingerprint density at radius 3 is 2.58 bits per heavy atom. The van der Waals surface area contributed by atoms with Crippen LogP contribution in [0.1, 0.15) is 13.8 Å². The minimum atomic E-state index is -3.87. The lowest BCUT2D eigenvalue weighted by molar-refractivity contribution is -0.384. The van der Waals surface area contributed by atoms with Gasteiger partial charge in [0.05, 0.1) is 4.92 Å². The number of sulfonamides is 1. The molecule has 1 aromatic heterocycles. The molecule has 0 bridgehead atoms. The minimum Gasteiger partial charge on any atom is -0.396 e. The summed E-state index contributed by atoms with van der Waals surface area (Å²) in [6.45, 7) is 3.18. The second-order valence-electron chi connectivity index (χ2n) is 4.63. The molecule has 10 heteroatoms. The fraction of sp³-hybridized carbons (Fsp3) is 0.556. The van der Waals surface area contributed by atoms with Crippen molar-refractivity contribution in [2.45, 2.75) is 18.1 Å². The first-order chi connectivity index (χ1) is 8.59. The highest BCUT2D eigenvalue weighted by Gasteiger charge is 2.27. The quantitative estimate of drug-likeness (QED) is 0.609. The monoisotopic (exact) mass is 328 g/mol. The molecule has 0 unspecified atom stereocenters. The number of aliphatic hydroxyl groups excluding tert-OH is 1. The van der Waals surface area contributed by atoms with Crippen molar-refractivity contribution in [2.75, 3.05) is 13.2 Å². The van der Waals surface area contributed by atoms with E-state index in [1.54, 1.807) is 13.8 Å². The van der Waals surface area contributed by atoms with Gasteiger partial charge in [-0.25, -0.2) is 13.1 Å². The van der Waals surface area contributed by atoms with E-state index >= 15 is 0 Å².